The summed E-state index contributed by atoms with van der Waals surface area (Å²) < 4.78 is 5.02. The number of methoxy groups -OCH3 is 1. The Kier molecular flexibility index (Phi) is 5.68. The number of amides is 1. The van der Waals surface area contributed by atoms with Gasteiger partial charge < -0.3 is 15.2 Å². The molecule has 128 valence electrons. The summed E-state index contributed by atoms with van der Waals surface area (Å²) in [5.41, 5.74) is -0.240. The molecule has 2 rings (SSSR count). The molecule has 1 amide bonds. The molecule has 0 aliphatic carbocycles. The van der Waals surface area contributed by atoms with Crippen molar-refractivity contribution in [2.75, 3.05) is 12.4 Å². The number of para-hydroxylation sites is 1. The fourth-order valence-electron chi connectivity index (χ4n) is 2.17. The molecule has 0 atom stereocenters. The van der Waals surface area contributed by atoms with Crippen LogP contribution in [0.1, 0.15) is 17.3 Å². The maximum atomic E-state index is 12.5. The number of rotatable bonds is 6. The highest BCUT2D eigenvalue weighted by atomic mass is 16.5. The zero-order valence-corrected chi connectivity index (χ0v) is 13.9. The third-order valence-electron chi connectivity index (χ3n) is 3.45. The predicted molar refractivity (Wildman–Crippen MR) is 95.5 cm³/mol. The Hall–Kier alpha value is -3.41. The highest BCUT2D eigenvalue weighted by Crippen LogP contribution is 2.16. The third kappa shape index (κ3) is 4.32. The average molecular weight is 338 g/mol. The molecule has 0 fully saturated rings. The van der Waals surface area contributed by atoms with Crippen LogP contribution in [0.5, 0.6) is 5.75 Å². The van der Waals surface area contributed by atoms with Gasteiger partial charge in [-0.15, -0.1) is 0 Å². The van der Waals surface area contributed by atoms with Gasteiger partial charge in [0, 0.05) is 11.3 Å². The molecule has 0 radical (unpaired) electrons. The molecule has 6 heteroatoms. The molecule has 0 unspecified atom stereocenters. The smallest absolute Gasteiger partial charge is 0.261 e. The highest BCUT2D eigenvalue weighted by Gasteiger charge is 2.25. The molecular formula is C19H18N2O4. The number of carbonyl (C=O) groups is 2. The summed E-state index contributed by atoms with van der Waals surface area (Å²) in [4.78, 5) is 24.8. The molecule has 0 aliphatic rings. The standard InChI is InChI=1S/C19H18N2O4/c1-12(22)16(19(24)21-14-6-4-3-5-7-14)17(20)18(23)13-8-10-15(25-2)11-9-13/h3-11,20,22H,1-2H3,(H,21,24)/b16-12+,20-17?. The van der Waals surface area contributed by atoms with Crippen LogP contribution in [-0.4, -0.2) is 29.6 Å². The van der Waals surface area contributed by atoms with Crippen molar-refractivity contribution in [1.29, 1.82) is 5.41 Å². The first-order valence-corrected chi connectivity index (χ1v) is 7.48. The van der Waals surface area contributed by atoms with Crippen molar-refractivity contribution in [2.24, 2.45) is 0 Å². The zero-order valence-electron chi connectivity index (χ0n) is 13.9. The summed E-state index contributed by atoms with van der Waals surface area (Å²) in [6.07, 6.45) is 0. The van der Waals surface area contributed by atoms with E-state index in [0.29, 0.717) is 11.4 Å². The van der Waals surface area contributed by atoms with Gasteiger partial charge in [-0.25, -0.2) is 0 Å². The highest BCUT2D eigenvalue weighted by molar-refractivity contribution is 6.55. The summed E-state index contributed by atoms with van der Waals surface area (Å²) >= 11 is 0. The summed E-state index contributed by atoms with van der Waals surface area (Å²) in [6.45, 7) is 1.26. The number of nitrogens with one attached hydrogen (secondary N) is 2. The van der Waals surface area contributed by atoms with Gasteiger partial charge in [0.2, 0.25) is 5.78 Å². The van der Waals surface area contributed by atoms with E-state index in [2.05, 4.69) is 5.32 Å². The second-order valence-electron chi connectivity index (χ2n) is 5.21. The second-order valence-corrected chi connectivity index (χ2v) is 5.21. The van der Waals surface area contributed by atoms with Gasteiger partial charge in [0.15, 0.2) is 0 Å². The number of benzene rings is 2. The molecular weight excluding hydrogens is 320 g/mol. The van der Waals surface area contributed by atoms with E-state index in [0.717, 1.165) is 0 Å². The minimum Gasteiger partial charge on any atom is -0.512 e. The quantitative estimate of drug-likeness (QED) is 0.325. The Morgan fingerprint density at radius 2 is 1.64 bits per heavy atom. The largest absolute Gasteiger partial charge is 0.512 e. The van der Waals surface area contributed by atoms with Gasteiger partial charge in [-0.05, 0) is 43.3 Å². The van der Waals surface area contributed by atoms with Crippen LogP contribution in [0.2, 0.25) is 0 Å². The summed E-state index contributed by atoms with van der Waals surface area (Å²) in [7, 11) is 1.50. The first-order chi connectivity index (χ1) is 11.9. The molecule has 0 saturated heterocycles. The first-order valence-electron chi connectivity index (χ1n) is 7.48. The van der Waals surface area contributed by atoms with Crippen molar-refractivity contribution in [2.45, 2.75) is 6.92 Å². The Labute approximate surface area is 145 Å². The number of allylic oxidation sites excluding steroid dienone is 1. The van der Waals surface area contributed by atoms with Gasteiger partial charge in [-0.1, -0.05) is 18.2 Å². The molecule has 0 aromatic heterocycles. The maximum Gasteiger partial charge on any atom is 0.261 e. The molecule has 0 bridgehead atoms. The minimum absolute atomic E-state index is 0.220. The van der Waals surface area contributed by atoms with E-state index < -0.39 is 23.2 Å². The van der Waals surface area contributed by atoms with E-state index in [1.807, 2.05) is 0 Å². The van der Waals surface area contributed by atoms with Gasteiger partial charge in [0.1, 0.15) is 22.8 Å². The van der Waals surface area contributed by atoms with Crippen LogP contribution < -0.4 is 10.1 Å². The number of hydrogen-bond donors (Lipinski definition) is 3. The van der Waals surface area contributed by atoms with Gasteiger partial charge >= 0.3 is 0 Å². The monoisotopic (exact) mass is 338 g/mol. The lowest BCUT2D eigenvalue weighted by Gasteiger charge is -2.11. The van der Waals surface area contributed by atoms with E-state index in [4.69, 9.17) is 10.1 Å². The molecule has 3 N–H and O–H groups in total. The molecule has 0 heterocycles. The van der Waals surface area contributed by atoms with E-state index in [1.165, 1.54) is 26.2 Å². The lowest BCUT2D eigenvalue weighted by Crippen LogP contribution is -2.27. The summed E-state index contributed by atoms with van der Waals surface area (Å²) in [5, 5.41) is 20.4. The Bertz CT molecular complexity index is 820. The van der Waals surface area contributed by atoms with Gasteiger partial charge in [0.25, 0.3) is 5.91 Å². The molecule has 0 saturated carbocycles. The topological polar surface area (TPSA) is 99.5 Å². The van der Waals surface area contributed by atoms with Gasteiger partial charge in [-0.2, -0.15) is 0 Å². The number of carbonyl (C=O) groups excluding carboxylic acids is 2. The molecule has 0 aliphatic heterocycles. The number of aliphatic hydroxyl groups excluding tert-OH is 1. The fraction of sp³-hybridized carbons (Fsp3) is 0.105. The van der Waals surface area contributed by atoms with E-state index in [1.54, 1.807) is 42.5 Å². The fourth-order valence-corrected chi connectivity index (χ4v) is 2.17. The van der Waals surface area contributed by atoms with Crippen molar-refractivity contribution in [3.8, 4) is 5.75 Å². The molecule has 0 spiro atoms. The predicted octanol–water partition coefficient (Wildman–Crippen LogP) is 3.37. The first kappa shape index (κ1) is 17.9. The average Bonchev–Trinajstić information content (AvgIpc) is 2.61. The number of aliphatic hydroxyl groups is 1. The third-order valence-corrected chi connectivity index (χ3v) is 3.45. The molecule has 2 aromatic rings. The van der Waals surface area contributed by atoms with Gasteiger partial charge in [0.05, 0.1) is 7.11 Å². The van der Waals surface area contributed by atoms with Crippen LogP contribution in [-0.2, 0) is 4.79 Å². The van der Waals surface area contributed by atoms with Crippen LogP contribution in [0.25, 0.3) is 0 Å². The van der Waals surface area contributed by atoms with E-state index in [9.17, 15) is 14.7 Å². The number of ether oxygens (including phenoxy) is 1. The van der Waals surface area contributed by atoms with Crippen molar-refractivity contribution in [3.05, 3.63) is 71.5 Å². The van der Waals surface area contributed by atoms with E-state index >= 15 is 0 Å². The van der Waals surface area contributed by atoms with Crippen molar-refractivity contribution in [3.63, 3.8) is 0 Å². The van der Waals surface area contributed by atoms with Crippen LogP contribution >= 0.6 is 0 Å². The molecule has 25 heavy (non-hydrogen) atoms. The molecule has 6 nitrogen and oxygen atoms in total. The van der Waals surface area contributed by atoms with Crippen LogP contribution in [0.3, 0.4) is 0 Å². The van der Waals surface area contributed by atoms with Gasteiger partial charge in [-0.3, -0.25) is 15.0 Å². The van der Waals surface area contributed by atoms with Crippen molar-refractivity contribution >= 4 is 23.1 Å². The maximum absolute atomic E-state index is 12.5. The number of anilines is 1. The number of Topliss-reactive ketones (excluding diaryl/α,β-unsaturated/α-hetero) is 1. The number of ketones is 1. The normalized spacial score (nSPS) is 11.3. The minimum atomic E-state index is -0.724. The van der Waals surface area contributed by atoms with Crippen molar-refractivity contribution in [1.82, 2.24) is 0 Å². The lowest BCUT2D eigenvalue weighted by molar-refractivity contribution is -0.112. The summed E-state index contributed by atoms with van der Waals surface area (Å²) in [6, 6.07) is 14.7. The lowest BCUT2D eigenvalue weighted by atomic mass is 9.99. The molecule has 2 aromatic carbocycles. The summed E-state index contributed by atoms with van der Waals surface area (Å²) in [5.74, 6) is -1.23. The van der Waals surface area contributed by atoms with Crippen LogP contribution in [0.15, 0.2) is 65.9 Å². The van der Waals surface area contributed by atoms with Crippen molar-refractivity contribution < 1.29 is 19.4 Å². The Morgan fingerprint density at radius 3 is 2.16 bits per heavy atom. The Morgan fingerprint density at radius 1 is 1.04 bits per heavy atom. The zero-order chi connectivity index (χ0) is 18.4. The van der Waals surface area contributed by atoms with Crippen LogP contribution in [0, 0.1) is 5.41 Å². The van der Waals surface area contributed by atoms with E-state index in [-0.39, 0.29) is 11.1 Å². The van der Waals surface area contributed by atoms with Crippen LogP contribution in [0.4, 0.5) is 5.69 Å². The second kappa shape index (κ2) is 7.92. The SMILES string of the molecule is COc1ccc(C(=O)C(=N)/C(C(=O)Nc2ccccc2)=C(/C)O)cc1. The Balaban J connectivity index is 2.24. The number of hydrogen-bond acceptors (Lipinski definition) is 5.